The maximum atomic E-state index is 8.89. The van der Waals surface area contributed by atoms with E-state index in [0.717, 1.165) is 32.2 Å². The normalized spacial score (nSPS) is 11.6. The SMILES string of the molecule is Nc1nc(N)nc(NCCCCCCCCCCCC[Si](O)(O)O)n1. The molecule has 1 aromatic rings. The Morgan fingerprint density at radius 1 is 0.680 bits per heavy atom. The van der Waals surface area contributed by atoms with Gasteiger partial charge in [0.25, 0.3) is 0 Å². The Bertz CT molecular complexity index is 467. The molecule has 144 valence electrons. The lowest BCUT2D eigenvalue weighted by Crippen LogP contribution is -2.33. The molecule has 0 amide bonds. The summed E-state index contributed by atoms with van der Waals surface area (Å²) in [5.41, 5.74) is 11.0. The second-order valence-electron chi connectivity index (χ2n) is 6.36. The molecular weight excluding hydrogens is 340 g/mol. The zero-order valence-electron chi connectivity index (χ0n) is 14.8. The van der Waals surface area contributed by atoms with Crippen molar-refractivity contribution in [3.8, 4) is 0 Å². The van der Waals surface area contributed by atoms with Crippen LogP contribution in [0, 0.1) is 0 Å². The van der Waals surface area contributed by atoms with Gasteiger partial charge in [0, 0.05) is 12.6 Å². The summed E-state index contributed by atoms with van der Waals surface area (Å²) in [7, 11) is -3.81. The van der Waals surface area contributed by atoms with Gasteiger partial charge in [-0.25, -0.2) is 0 Å². The number of nitrogens with zero attached hydrogens (tertiary/aromatic N) is 3. The molecular formula is C15H32N6O3Si. The summed E-state index contributed by atoms with van der Waals surface area (Å²) in [6.07, 6.45) is 11.0. The third-order valence-corrected chi connectivity index (χ3v) is 4.92. The van der Waals surface area contributed by atoms with E-state index in [0.29, 0.717) is 12.4 Å². The van der Waals surface area contributed by atoms with Crippen LogP contribution in [0.25, 0.3) is 0 Å². The Morgan fingerprint density at radius 2 is 1.12 bits per heavy atom. The summed E-state index contributed by atoms with van der Waals surface area (Å²) in [4.78, 5) is 38.3. The van der Waals surface area contributed by atoms with Crippen LogP contribution in [0.15, 0.2) is 0 Å². The minimum Gasteiger partial charge on any atom is -0.390 e. The van der Waals surface area contributed by atoms with Crippen molar-refractivity contribution in [3.05, 3.63) is 0 Å². The maximum Gasteiger partial charge on any atom is 0.492 e. The molecule has 1 aromatic heterocycles. The van der Waals surface area contributed by atoms with Gasteiger partial charge in [0.1, 0.15) is 0 Å². The van der Waals surface area contributed by atoms with E-state index in [9.17, 15) is 0 Å². The first kappa shape index (κ1) is 21.5. The molecule has 1 heterocycles. The summed E-state index contributed by atoms with van der Waals surface area (Å²) in [6.45, 7) is 0.786. The lowest BCUT2D eigenvalue weighted by atomic mass is 10.1. The van der Waals surface area contributed by atoms with Crippen molar-refractivity contribution in [1.82, 2.24) is 15.0 Å². The predicted octanol–water partition coefficient (Wildman–Crippen LogP) is 1.26. The van der Waals surface area contributed by atoms with Crippen LogP contribution in [0.4, 0.5) is 17.8 Å². The fraction of sp³-hybridized carbons (Fsp3) is 0.800. The Balaban J connectivity index is 1.86. The van der Waals surface area contributed by atoms with Gasteiger partial charge in [-0.05, 0) is 12.8 Å². The second-order valence-corrected chi connectivity index (χ2v) is 8.41. The molecule has 0 aliphatic heterocycles. The zero-order valence-corrected chi connectivity index (χ0v) is 15.8. The zero-order chi connectivity index (χ0) is 18.5. The molecule has 0 atom stereocenters. The summed E-state index contributed by atoms with van der Waals surface area (Å²) < 4.78 is 0. The number of nitrogen functional groups attached to an aromatic ring is 2. The highest BCUT2D eigenvalue weighted by Gasteiger charge is 2.25. The number of rotatable bonds is 14. The van der Waals surface area contributed by atoms with Gasteiger partial charge in [-0.1, -0.05) is 51.4 Å². The molecule has 0 bridgehead atoms. The summed E-state index contributed by atoms with van der Waals surface area (Å²) in [5, 5.41) is 3.09. The third-order valence-electron chi connectivity index (χ3n) is 3.89. The number of nitrogens with two attached hydrogens (primary N) is 2. The molecule has 0 unspecified atom stereocenters. The smallest absolute Gasteiger partial charge is 0.390 e. The van der Waals surface area contributed by atoms with E-state index >= 15 is 0 Å². The molecule has 25 heavy (non-hydrogen) atoms. The van der Waals surface area contributed by atoms with Crippen LogP contribution in [0.1, 0.15) is 64.2 Å². The molecule has 8 N–H and O–H groups in total. The van der Waals surface area contributed by atoms with Gasteiger partial charge in [-0.2, -0.15) is 15.0 Å². The molecule has 9 nitrogen and oxygen atoms in total. The van der Waals surface area contributed by atoms with E-state index in [2.05, 4.69) is 20.3 Å². The van der Waals surface area contributed by atoms with Crippen LogP contribution >= 0.6 is 0 Å². The molecule has 1 rings (SSSR count). The predicted molar refractivity (Wildman–Crippen MR) is 101 cm³/mol. The number of anilines is 3. The highest BCUT2D eigenvalue weighted by atomic mass is 28.4. The van der Waals surface area contributed by atoms with E-state index in [1.54, 1.807) is 0 Å². The number of aromatic nitrogens is 3. The van der Waals surface area contributed by atoms with Gasteiger partial charge in [0.15, 0.2) is 0 Å². The monoisotopic (exact) mass is 372 g/mol. The average molecular weight is 373 g/mol. The summed E-state index contributed by atoms with van der Waals surface area (Å²) in [5.74, 6) is 0.675. The number of hydrogen-bond acceptors (Lipinski definition) is 9. The molecule has 0 saturated heterocycles. The molecule has 0 saturated carbocycles. The van der Waals surface area contributed by atoms with Crippen LogP contribution in [0.5, 0.6) is 0 Å². The van der Waals surface area contributed by atoms with Gasteiger partial charge in [0.2, 0.25) is 17.8 Å². The Kier molecular flexibility index (Phi) is 10.3. The molecule has 10 heteroatoms. The van der Waals surface area contributed by atoms with Crippen LogP contribution in [0.3, 0.4) is 0 Å². The molecule has 0 aliphatic rings. The fourth-order valence-electron chi connectivity index (χ4n) is 2.59. The van der Waals surface area contributed by atoms with Gasteiger partial charge in [-0.15, -0.1) is 0 Å². The van der Waals surface area contributed by atoms with Crippen molar-refractivity contribution < 1.29 is 14.4 Å². The highest BCUT2D eigenvalue weighted by molar-refractivity contribution is 6.56. The molecule has 0 fully saturated rings. The first-order valence-corrected chi connectivity index (χ1v) is 11.1. The molecule has 0 aliphatic carbocycles. The number of nitrogens with one attached hydrogen (secondary N) is 1. The summed E-state index contributed by atoms with van der Waals surface area (Å²) >= 11 is 0. The van der Waals surface area contributed by atoms with Gasteiger partial charge >= 0.3 is 8.80 Å². The molecule has 0 radical (unpaired) electrons. The van der Waals surface area contributed by atoms with Crippen molar-refractivity contribution in [3.63, 3.8) is 0 Å². The first-order valence-electron chi connectivity index (χ1n) is 9.05. The van der Waals surface area contributed by atoms with Crippen molar-refractivity contribution in [2.75, 3.05) is 23.3 Å². The van der Waals surface area contributed by atoms with Crippen LogP contribution in [0.2, 0.25) is 6.04 Å². The number of hydrogen-bond donors (Lipinski definition) is 6. The van der Waals surface area contributed by atoms with Gasteiger partial charge in [-0.3, -0.25) is 0 Å². The Hall–Kier alpha value is -1.49. The van der Waals surface area contributed by atoms with E-state index < -0.39 is 8.80 Å². The standard InChI is InChI=1S/C15H32N6O3Si/c16-13-19-14(17)21-15(20-13)18-11-9-7-5-3-1-2-4-6-8-10-12-25(22,23)24/h22-24H,1-12H2,(H5,16,17,18,19,20,21). The number of unbranched alkanes of at least 4 members (excludes halogenated alkanes) is 9. The lowest BCUT2D eigenvalue weighted by Gasteiger charge is -2.08. The summed E-state index contributed by atoms with van der Waals surface area (Å²) in [6, 6.07) is 0.157. The van der Waals surface area contributed by atoms with E-state index in [1.807, 2.05) is 0 Å². The van der Waals surface area contributed by atoms with Crippen molar-refractivity contribution >= 4 is 26.6 Å². The lowest BCUT2D eigenvalue weighted by molar-refractivity contribution is 0.226. The van der Waals surface area contributed by atoms with Crippen molar-refractivity contribution in [1.29, 1.82) is 0 Å². The maximum absolute atomic E-state index is 8.89. The largest absolute Gasteiger partial charge is 0.492 e. The quantitative estimate of drug-likeness (QED) is 0.208. The highest BCUT2D eigenvalue weighted by Crippen LogP contribution is 2.13. The first-order chi connectivity index (χ1) is 11.9. The van der Waals surface area contributed by atoms with Crippen LogP contribution in [-0.4, -0.2) is 44.7 Å². The minimum absolute atomic E-state index is 0.125. The third kappa shape index (κ3) is 12.5. The van der Waals surface area contributed by atoms with Crippen molar-refractivity contribution in [2.24, 2.45) is 0 Å². The van der Waals surface area contributed by atoms with Crippen LogP contribution < -0.4 is 16.8 Å². The fourth-order valence-corrected chi connectivity index (χ4v) is 3.31. The molecule has 0 spiro atoms. The van der Waals surface area contributed by atoms with Gasteiger partial charge in [0.05, 0.1) is 0 Å². The Morgan fingerprint density at radius 3 is 1.60 bits per heavy atom. The van der Waals surface area contributed by atoms with Crippen molar-refractivity contribution in [2.45, 2.75) is 70.3 Å². The molecule has 0 aromatic carbocycles. The Labute approximate surface area is 150 Å². The topological polar surface area (TPSA) is 163 Å². The van der Waals surface area contributed by atoms with E-state index in [4.69, 9.17) is 25.9 Å². The van der Waals surface area contributed by atoms with Gasteiger partial charge < -0.3 is 31.2 Å². The van der Waals surface area contributed by atoms with E-state index in [-0.39, 0.29) is 17.9 Å². The average Bonchev–Trinajstić information content (AvgIpc) is 2.50. The van der Waals surface area contributed by atoms with Crippen LogP contribution in [-0.2, 0) is 0 Å². The second kappa shape index (κ2) is 12.0. The van der Waals surface area contributed by atoms with E-state index in [1.165, 1.54) is 32.1 Å². The minimum atomic E-state index is -3.81.